The van der Waals surface area contributed by atoms with Gasteiger partial charge in [0.25, 0.3) is 10.0 Å². The molecule has 1 N–H and O–H groups in total. The Bertz CT molecular complexity index is 1750. The number of sulfonamides is 1. The Morgan fingerprint density at radius 2 is 1.36 bits per heavy atom. The number of nitrogens with one attached hydrogen (secondary N) is 1. The van der Waals surface area contributed by atoms with Crippen LogP contribution in [0.2, 0.25) is 0 Å². The van der Waals surface area contributed by atoms with E-state index in [1.54, 1.807) is 35.2 Å². The van der Waals surface area contributed by atoms with Crippen molar-refractivity contribution in [1.29, 1.82) is 0 Å². The Morgan fingerprint density at radius 3 is 1.98 bits per heavy atom. The minimum absolute atomic E-state index is 0.0526. The number of nitrogens with zero attached hydrogens (tertiary/aromatic N) is 2. The molecule has 0 aliphatic heterocycles. The number of hydrogen-bond acceptors (Lipinski definition) is 4. The zero-order valence-corrected chi connectivity index (χ0v) is 28.4. The van der Waals surface area contributed by atoms with Crippen LogP contribution in [0.4, 0.5) is 5.69 Å². The average Bonchev–Trinajstić information content (AvgIpc) is 3.07. The van der Waals surface area contributed by atoms with E-state index < -0.39 is 28.5 Å². The largest absolute Gasteiger partial charge is 0.352 e. The Labute approximate surface area is 279 Å². The van der Waals surface area contributed by atoms with Crippen LogP contribution < -0.4 is 9.62 Å². The van der Waals surface area contributed by atoms with Gasteiger partial charge in [-0.15, -0.1) is 0 Å². The molecular weight excluding hydrogens is 607 g/mol. The molecule has 5 rings (SSSR count). The van der Waals surface area contributed by atoms with E-state index in [0.29, 0.717) is 12.1 Å². The molecule has 0 heterocycles. The van der Waals surface area contributed by atoms with Crippen LogP contribution in [-0.2, 0) is 32.6 Å². The van der Waals surface area contributed by atoms with Gasteiger partial charge in [0.15, 0.2) is 0 Å². The van der Waals surface area contributed by atoms with Gasteiger partial charge in [-0.05, 0) is 68.5 Å². The van der Waals surface area contributed by atoms with Gasteiger partial charge in [0, 0.05) is 19.0 Å². The van der Waals surface area contributed by atoms with Gasteiger partial charge in [-0.2, -0.15) is 0 Å². The van der Waals surface area contributed by atoms with Gasteiger partial charge in [0.05, 0.1) is 10.6 Å². The first kappa shape index (κ1) is 33.9. The lowest BCUT2D eigenvalue weighted by Gasteiger charge is -2.35. The molecule has 1 aliphatic carbocycles. The summed E-state index contributed by atoms with van der Waals surface area (Å²) in [5.74, 6) is -0.672. The Morgan fingerprint density at radius 1 is 0.766 bits per heavy atom. The van der Waals surface area contributed by atoms with Crippen LogP contribution in [0.15, 0.2) is 108 Å². The second-order valence-electron chi connectivity index (χ2n) is 12.7. The van der Waals surface area contributed by atoms with Crippen molar-refractivity contribution in [3.63, 3.8) is 0 Å². The van der Waals surface area contributed by atoms with Crippen LogP contribution in [0.5, 0.6) is 0 Å². The van der Waals surface area contributed by atoms with Gasteiger partial charge < -0.3 is 10.2 Å². The summed E-state index contributed by atoms with van der Waals surface area (Å²) in [6.07, 6.45) is 5.39. The van der Waals surface area contributed by atoms with Gasteiger partial charge in [0.1, 0.15) is 12.6 Å². The number of amides is 2. The highest BCUT2D eigenvalue weighted by molar-refractivity contribution is 7.92. The first-order valence-corrected chi connectivity index (χ1v) is 17.9. The maximum atomic E-state index is 14.7. The molecule has 0 saturated heterocycles. The summed E-state index contributed by atoms with van der Waals surface area (Å²) in [5, 5.41) is 3.26. The highest BCUT2D eigenvalue weighted by Crippen LogP contribution is 2.29. The molecule has 47 heavy (non-hydrogen) atoms. The number of anilines is 1. The number of benzene rings is 4. The summed E-state index contributed by atoms with van der Waals surface area (Å²) in [4.78, 5) is 30.6. The van der Waals surface area contributed by atoms with Crippen LogP contribution >= 0.6 is 0 Å². The zero-order valence-electron chi connectivity index (χ0n) is 27.6. The minimum atomic E-state index is -4.15. The number of rotatable bonds is 12. The maximum Gasteiger partial charge on any atom is 0.264 e. The lowest BCUT2D eigenvalue weighted by molar-refractivity contribution is -0.140. The fourth-order valence-electron chi connectivity index (χ4n) is 6.31. The van der Waals surface area contributed by atoms with Crippen molar-refractivity contribution in [2.45, 2.75) is 82.8 Å². The van der Waals surface area contributed by atoms with Gasteiger partial charge in [0.2, 0.25) is 11.8 Å². The van der Waals surface area contributed by atoms with Crippen molar-refractivity contribution < 1.29 is 18.0 Å². The molecule has 0 bridgehead atoms. The molecule has 8 heteroatoms. The molecule has 0 radical (unpaired) electrons. The molecule has 1 aliphatic rings. The summed E-state index contributed by atoms with van der Waals surface area (Å²) in [6.45, 7) is 5.38. The summed E-state index contributed by atoms with van der Waals surface area (Å²) in [6, 6.07) is 30.6. The Hall–Kier alpha value is -4.43. The van der Waals surface area contributed by atoms with Crippen molar-refractivity contribution in [3.05, 3.63) is 131 Å². The topological polar surface area (TPSA) is 86.8 Å². The van der Waals surface area contributed by atoms with Crippen molar-refractivity contribution in [2.75, 3.05) is 10.8 Å². The number of carbonyl (C=O) groups is 2. The summed E-state index contributed by atoms with van der Waals surface area (Å²) in [7, 11) is -4.15. The lowest BCUT2D eigenvalue weighted by Crippen LogP contribution is -2.55. The SMILES string of the molecule is Cc1ccc(S(=O)(=O)N(CC(=O)N(Cc2ccccc2)[C@H](Cc2ccccc2)C(=O)NC2CCCCC2)c2ccc(C)cc2C)cc1. The third-order valence-electron chi connectivity index (χ3n) is 8.93. The van der Waals surface area contributed by atoms with E-state index in [2.05, 4.69) is 5.32 Å². The van der Waals surface area contributed by atoms with E-state index in [-0.39, 0.29) is 23.4 Å². The Kier molecular flexibility index (Phi) is 11.1. The highest BCUT2D eigenvalue weighted by atomic mass is 32.2. The van der Waals surface area contributed by atoms with Crippen molar-refractivity contribution in [3.8, 4) is 0 Å². The molecule has 246 valence electrons. The average molecular weight is 652 g/mol. The second-order valence-corrected chi connectivity index (χ2v) is 14.5. The summed E-state index contributed by atoms with van der Waals surface area (Å²) < 4.78 is 29.9. The van der Waals surface area contributed by atoms with E-state index in [0.717, 1.165) is 59.9 Å². The number of hydrogen-bond donors (Lipinski definition) is 1. The molecule has 0 unspecified atom stereocenters. The fourth-order valence-corrected chi connectivity index (χ4v) is 7.79. The van der Waals surface area contributed by atoms with Crippen molar-refractivity contribution in [1.82, 2.24) is 10.2 Å². The van der Waals surface area contributed by atoms with Gasteiger partial charge in [-0.1, -0.05) is 115 Å². The van der Waals surface area contributed by atoms with E-state index in [1.165, 1.54) is 4.31 Å². The molecule has 7 nitrogen and oxygen atoms in total. The lowest BCUT2D eigenvalue weighted by atomic mass is 9.94. The molecule has 2 amide bonds. The van der Waals surface area contributed by atoms with Gasteiger partial charge in [-0.25, -0.2) is 8.42 Å². The van der Waals surface area contributed by atoms with Crippen LogP contribution in [0.3, 0.4) is 0 Å². The quantitative estimate of drug-likeness (QED) is 0.181. The van der Waals surface area contributed by atoms with Gasteiger partial charge >= 0.3 is 0 Å². The minimum Gasteiger partial charge on any atom is -0.352 e. The van der Waals surface area contributed by atoms with Crippen LogP contribution in [0, 0.1) is 20.8 Å². The number of aryl methyl sites for hydroxylation is 3. The Balaban J connectivity index is 1.57. The summed E-state index contributed by atoms with van der Waals surface area (Å²) >= 11 is 0. The zero-order chi connectivity index (χ0) is 33.4. The van der Waals surface area contributed by atoms with E-state index in [1.807, 2.05) is 93.6 Å². The molecule has 0 spiro atoms. The monoisotopic (exact) mass is 651 g/mol. The predicted molar refractivity (Wildman–Crippen MR) is 188 cm³/mol. The molecule has 1 saturated carbocycles. The predicted octanol–water partition coefficient (Wildman–Crippen LogP) is 6.90. The molecule has 1 atom stereocenters. The molecule has 4 aromatic carbocycles. The van der Waals surface area contributed by atoms with E-state index in [4.69, 9.17) is 0 Å². The highest BCUT2D eigenvalue weighted by Gasteiger charge is 2.35. The first-order chi connectivity index (χ1) is 22.6. The van der Waals surface area contributed by atoms with Crippen LogP contribution in [0.25, 0.3) is 0 Å². The smallest absolute Gasteiger partial charge is 0.264 e. The summed E-state index contributed by atoms with van der Waals surface area (Å²) in [5.41, 5.74) is 4.84. The molecule has 4 aromatic rings. The molecule has 0 aromatic heterocycles. The standard InChI is InChI=1S/C39H45N3O4S/c1-29-19-22-35(23-20-29)47(45,46)42(36-24-21-30(2)25-31(36)3)28-38(43)41(27-33-15-9-5-10-16-33)37(26-32-13-7-4-8-14-32)39(44)40-34-17-11-6-12-18-34/h4-5,7-10,13-16,19-25,34,37H,6,11-12,17-18,26-28H2,1-3H3,(H,40,44)/t37-/m1/s1. The van der Waals surface area contributed by atoms with Crippen molar-refractivity contribution in [2.24, 2.45) is 0 Å². The van der Waals surface area contributed by atoms with Crippen molar-refractivity contribution >= 4 is 27.5 Å². The van der Waals surface area contributed by atoms with E-state index >= 15 is 0 Å². The van der Waals surface area contributed by atoms with E-state index in [9.17, 15) is 18.0 Å². The third kappa shape index (κ3) is 8.69. The third-order valence-corrected chi connectivity index (χ3v) is 10.7. The maximum absolute atomic E-state index is 14.7. The molecule has 1 fully saturated rings. The first-order valence-electron chi connectivity index (χ1n) is 16.5. The second kappa shape index (κ2) is 15.4. The van der Waals surface area contributed by atoms with Crippen LogP contribution in [-0.4, -0.2) is 43.8 Å². The van der Waals surface area contributed by atoms with Crippen LogP contribution in [0.1, 0.15) is 59.9 Å². The fraction of sp³-hybridized carbons (Fsp3) is 0.333. The van der Waals surface area contributed by atoms with Gasteiger partial charge in [-0.3, -0.25) is 13.9 Å². The number of carbonyl (C=O) groups excluding carboxylic acids is 2. The normalized spacial score (nSPS) is 14.3. The molecular formula is C39H45N3O4S.